The first-order chi connectivity index (χ1) is 9.47. The molecule has 0 fully saturated rings. The molecule has 0 bridgehead atoms. The lowest BCUT2D eigenvalue weighted by Gasteiger charge is -2.02. The van der Waals surface area contributed by atoms with E-state index in [1.807, 2.05) is 20.9 Å². The van der Waals surface area contributed by atoms with E-state index in [9.17, 15) is 4.79 Å². The molecule has 5 heteroatoms. The zero-order chi connectivity index (χ0) is 14.7. The minimum absolute atomic E-state index is 0.199. The fraction of sp³-hybridized carbons (Fsp3) is 0.200. The van der Waals surface area contributed by atoms with E-state index < -0.39 is 0 Å². The van der Waals surface area contributed by atoms with Gasteiger partial charge in [-0.1, -0.05) is 17.7 Å². The summed E-state index contributed by atoms with van der Waals surface area (Å²) in [6.07, 6.45) is 3.27. The molecule has 0 aliphatic heterocycles. The van der Waals surface area contributed by atoms with Crippen LogP contribution < -0.4 is 5.32 Å². The molecule has 0 unspecified atom stereocenters. The Labute approximate surface area is 123 Å². The van der Waals surface area contributed by atoms with Crippen molar-refractivity contribution in [2.75, 3.05) is 5.32 Å². The van der Waals surface area contributed by atoms with Gasteiger partial charge in [0, 0.05) is 35.1 Å². The van der Waals surface area contributed by atoms with Gasteiger partial charge in [-0.2, -0.15) is 5.10 Å². The quantitative estimate of drug-likeness (QED) is 0.881. The van der Waals surface area contributed by atoms with E-state index in [0.717, 1.165) is 17.0 Å². The third-order valence-corrected chi connectivity index (χ3v) is 3.29. The van der Waals surface area contributed by atoms with Crippen molar-refractivity contribution in [2.24, 2.45) is 7.05 Å². The van der Waals surface area contributed by atoms with Gasteiger partial charge in [0.2, 0.25) is 5.91 Å². The van der Waals surface area contributed by atoms with Crippen molar-refractivity contribution < 1.29 is 4.79 Å². The van der Waals surface area contributed by atoms with Crippen LogP contribution in [-0.4, -0.2) is 15.7 Å². The van der Waals surface area contributed by atoms with Gasteiger partial charge in [0.25, 0.3) is 0 Å². The lowest BCUT2D eigenvalue weighted by molar-refractivity contribution is -0.111. The zero-order valence-corrected chi connectivity index (χ0v) is 12.4. The summed E-state index contributed by atoms with van der Waals surface area (Å²) in [5.41, 5.74) is 3.56. The molecule has 1 heterocycles. The number of carbonyl (C=O) groups excluding carboxylic acids is 1. The minimum atomic E-state index is -0.199. The summed E-state index contributed by atoms with van der Waals surface area (Å²) in [4.78, 5) is 11.9. The highest BCUT2D eigenvalue weighted by molar-refractivity contribution is 6.30. The van der Waals surface area contributed by atoms with E-state index in [-0.39, 0.29) is 5.91 Å². The van der Waals surface area contributed by atoms with Crippen LogP contribution in [0, 0.1) is 13.8 Å². The van der Waals surface area contributed by atoms with Crippen LogP contribution in [0.25, 0.3) is 6.08 Å². The number of amides is 1. The molecule has 0 aliphatic carbocycles. The Morgan fingerprint density at radius 1 is 1.40 bits per heavy atom. The number of nitrogens with one attached hydrogen (secondary N) is 1. The van der Waals surface area contributed by atoms with Crippen molar-refractivity contribution in [1.82, 2.24) is 9.78 Å². The molecule has 4 nitrogen and oxygen atoms in total. The Kier molecular flexibility index (Phi) is 4.25. The van der Waals surface area contributed by atoms with Crippen molar-refractivity contribution in [3.8, 4) is 0 Å². The fourth-order valence-electron chi connectivity index (χ4n) is 1.94. The van der Waals surface area contributed by atoms with Gasteiger partial charge in [-0.25, -0.2) is 0 Å². The maximum Gasteiger partial charge on any atom is 0.248 e. The number of halogens is 1. The molecule has 0 aliphatic rings. The molecular formula is C15H16ClN3O. The number of carbonyl (C=O) groups is 1. The lowest BCUT2D eigenvalue weighted by Crippen LogP contribution is -2.07. The van der Waals surface area contributed by atoms with Gasteiger partial charge >= 0.3 is 0 Å². The number of rotatable bonds is 3. The third-order valence-electron chi connectivity index (χ3n) is 3.06. The highest BCUT2D eigenvalue weighted by atomic mass is 35.5. The number of hydrogen-bond acceptors (Lipinski definition) is 2. The van der Waals surface area contributed by atoms with Gasteiger partial charge in [-0.15, -0.1) is 0 Å². The van der Waals surface area contributed by atoms with E-state index in [0.29, 0.717) is 10.7 Å². The fourth-order valence-corrected chi connectivity index (χ4v) is 2.13. The molecule has 2 rings (SSSR count). The molecule has 1 amide bonds. The lowest BCUT2D eigenvalue weighted by atomic mass is 10.2. The summed E-state index contributed by atoms with van der Waals surface area (Å²) in [5.74, 6) is -0.199. The van der Waals surface area contributed by atoms with Crippen LogP contribution in [0.4, 0.5) is 5.69 Å². The molecule has 1 N–H and O–H groups in total. The Morgan fingerprint density at radius 2 is 2.15 bits per heavy atom. The number of aryl methyl sites for hydroxylation is 2. The molecule has 0 radical (unpaired) electrons. The standard InChI is InChI=1S/C15H16ClN3O/c1-10-14(11(2)19(3)18-10)7-8-15(20)17-13-6-4-5-12(16)9-13/h4-9H,1-3H3,(H,17,20)/b8-7+. The molecule has 0 saturated carbocycles. The number of hydrogen-bond donors (Lipinski definition) is 1. The van der Waals surface area contributed by atoms with E-state index in [1.54, 1.807) is 35.0 Å². The number of anilines is 1. The summed E-state index contributed by atoms with van der Waals surface area (Å²) in [5, 5.41) is 7.65. The second-order valence-corrected chi connectivity index (χ2v) is 4.98. The van der Waals surface area contributed by atoms with Crippen LogP contribution >= 0.6 is 11.6 Å². The number of nitrogens with zero attached hydrogens (tertiary/aromatic N) is 2. The van der Waals surface area contributed by atoms with Gasteiger partial charge in [-0.05, 0) is 38.1 Å². The van der Waals surface area contributed by atoms with Gasteiger partial charge in [0.15, 0.2) is 0 Å². The zero-order valence-electron chi connectivity index (χ0n) is 11.6. The van der Waals surface area contributed by atoms with Crippen LogP contribution in [0.1, 0.15) is 17.0 Å². The first-order valence-corrected chi connectivity index (χ1v) is 6.60. The molecule has 1 aromatic carbocycles. The Morgan fingerprint density at radius 3 is 2.75 bits per heavy atom. The van der Waals surface area contributed by atoms with E-state index in [1.165, 1.54) is 6.08 Å². The van der Waals surface area contributed by atoms with Gasteiger partial charge in [-0.3, -0.25) is 9.48 Å². The Hall–Kier alpha value is -2.07. The van der Waals surface area contributed by atoms with Crippen LogP contribution in [-0.2, 0) is 11.8 Å². The van der Waals surface area contributed by atoms with Crippen molar-refractivity contribution in [3.63, 3.8) is 0 Å². The average molecular weight is 290 g/mol. The normalized spacial score (nSPS) is 11.0. The summed E-state index contributed by atoms with van der Waals surface area (Å²) in [7, 11) is 1.88. The minimum Gasteiger partial charge on any atom is -0.322 e. The van der Waals surface area contributed by atoms with Crippen molar-refractivity contribution in [1.29, 1.82) is 0 Å². The molecular weight excluding hydrogens is 274 g/mol. The van der Waals surface area contributed by atoms with Crippen LogP contribution in [0.2, 0.25) is 5.02 Å². The van der Waals surface area contributed by atoms with Gasteiger partial charge in [0.1, 0.15) is 0 Å². The average Bonchev–Trinajstić information content (AvgIpc) is 2.61. The van der Waals surface area contributed by atoms with Gasteiger partial charge < -0.3 is 5.32 Å². The van der Waals surface area contributed by atoms with E-state index >= 15 is 0 Å². The van der Waals surface area contributed by atoms with Crippen LogP contribution in [0.3, 0.4) is 0 Å². The Bertz CT molecular complexity index is 674. The number of aromatic nitrogens is 2. The monoisotopic (exact) mass is 289 g/mol. The highest BCUT2D eigenvalue weighted by Gasteiger charge is 2.06. The predicted octanol–water partition coefficient (Wildman–Crippen LogP) is 3.34. The largest absolute Gasteiger partial charge is 0.322 e. The van der Waals surface area contributed by atoms with E-state index in [2.05, 4.69) is 10.4 Å². The summed E-state index contributed by atoms with van der Waals surface area (Å²) >= 11 is 5.87. The second-order valence-electron chi connectivity index (χ2n) is 4.54. The van der Waals surface area contributed by atoms with Gasteiger partial charge in [0.05, 0.1) is 5.69 Å². The molecule has 104 valence electrons. The second kappa shape index (κ2) is 5.92. The highest BCUT2D eigenvalue weighted by Crippen LogP contribution is 2.16. The van der Waals surface area contributed by atoms with E-state index in [4.69, 9.17) is 11.6 Å². The maximum absolute atomic E-state index is 11.9. The van der Waals surface area contributed by atoms with Crippen molar-refractivity contribution in [2.45, 2.75) is 13.8 Å². The van der Waals surface area contributed by atoms with Crippen LogP contribution in [0.5, 0.6) is 0 Å². The molecule has 0 saturated heterocycles. The van der Waals surface area contributed by atoms with Crippen LogP contribution in [0.15, 0.2) is 30.3 Å². The Balaban J connectivity index is 2.10. The molecule has 0 spiro atoms. The first-order valence-electron chi connectivity index (χ1n) is 6.22. The van der Waals surface area contributed by atoms with Crippen molar-refractivity contribution in [3.05, 3.63) is 52.3 Å². The van der Waals surface area contributed by atoms with Crippen molar-refractivity contribution >= 4 is 29.3 Å². The first kappa shape index (κ1) is 14.3. The summed E-state index contributed by atoms with van der Waals surface area (Å²) < 4.78 is 1.80. The smallest absolute Gasteiger partial charge is 0.248 e. The molecule has 0 atom stereocenters. The maximum atomic E-state index is 11.9. The summed E-state index contributed by atoms with van der Waals surface area (Å²) in [6.45, 7) is 3.89. The third kappa shape index (κ3) is 3.27. The molecule has 20 heavy (non-hydrogen) atoms. The predicted molar refractivity (Wildman–Crippen MR) is 81.8 cm³/mol. The molecule has 1 aromatic heterocycles. The SMILES string of the molecule is Cc1nn(C)c(C)c1/C=C/C(=O)Nc1cccc(Cl)c1. The number of benzene rings is 1. The molecule has 2 aromatic rings. The summed E-state index contributed by atoms with van der Waals surface area (Å²) in [6, 6.07) is 7.04. The topological polar surface area (TPSA) is 46.9 Å².